The number of thioether (sulfide) groups is 1. The number of carbonyl (C=O) groups excluding carboxylic acids is 1. The molecule has 0 aromatic carbocycles. The number of hydrogen-bond donors (Lipinski definition) is 1. The van der Waals surface area contributed by atoms with Gasteiger partial charge in [-0.1, -0.05) is 27.7 Å². The van der Waals surface area contributed by atoms with Crippen LogP contribution < -0.4 is 5.73 Å². The highest BCUT2D eigenvalue weighted by Gasteiger charge is 2.21. The first kappa shape index (κ1) is 16.8. The smallest absolute Gasteiger partial charge is 0.239 e. The van der Waals surface area contributed by atoms with Crippen molar-refractivity contribution in [2.45, 2.75) is 40.2 Å². The van der Waals surface area contributed by atoms with Crippen LogP contribution in [-0.2, 0) is 4.79 Å². The van der Waals surface area contributed by atoms with Gasteiger partial charge in [-0.15, -0.1) is 0 Å². The van der Waals surface area contributed by atoms with Crippen LogP contribution >= 0.6 is 11.8 Å². The summed E-state index contributed by atoms with van der Waals surface area (Å²) in [7, 11) is 0. The normalized spacial score (nSPS) is 13.2. The summed E-state index contributed by atoms with van der Waals surface area (Å²) in [5, 5.41) is 0. The highest BCUT2D eigenvalue weighted by atomic mass is 32.2. The van der Waals surface area contributed by atoms with Gasteiger partial charge in [-0.05, 0) is 30.3 Å². The molecule has 3 nitrogen and oxygen atoms in total. The molecular weight excluding hydrogens is 232 g/mol. The molecule has 0 rings (SSSR count). The third kappa shape index (κ3) is 7.66. The lowest BCUT2D eigenvalue weighted by molar-refractivity contribution is -0.133. The van der Waals surface area contributed by atoms with E-state index in [9.17, 15) is 4.79 Å². The highest BCUT2D eigenvalue weighted by Crippen LogP contribution is 2.08. The molecule has 0 bridgehead atoms. The molecule has 0 aromatic rings. The molecule has 0 aliphatic heterocycles. The molecule has 0 aliphatic rings. The van der Waals surface area contributed by atoms with E-state index in [1.165, 1.54) is 0 Å². The maximum atomic E-state index is 12.2. The standard InChI is InChI=1S/C13H28N2OS/c1-10(2)8-15(9-11(3)4)13(16)12(14)6-7-17-5/h10-12H,6-9,14H2,1-5H3/t12-/m1/s1. The lowest BCUT2D eigenvalue weighted by atomic mass is 10.1. The van der Waals surface area contributed by atoms with Crippen molar-refractivity contribution in [3.63, 3.8) is 0 Å². The Morgan fingerprint density at radius 1 is 1.18 bits per heavy atom. The number of nitrogens with two attached hydrogens (primary N) is 1. The SMILES string of the molecule is CSCC[C@@H](N)C(=O)N(CC(C)C)CC(C)C. The predicted molar refractivity (Wildman–Crippen MR) is 77.2 cm³/mol. The molecule has 0 saturated heterocycles. The average Bonchev–Trinajstić information content (AvgIpc) is 2.22. The predicted octanol–water partition coefficient (Wildman–Crippen LogP) is 2.21. The summed E-state index contributed by atoms with van der Waals surface area (Å²) in [6.07, 6.45) is 2.81. The van der Waals surface area contributed by atoms with Crippen molar-refractivity contribution in [2.75, 3.05) is 25.1 Å². The van der Waals surface area contributed by atoms with Crippen molar-refractivity contribution in [2.24, 2.45) is 17.6 Å². The Morgan fingerprint density at radius 3 is 2.00 bits per heavy atom. The van der Waals surface area contributed by atoms with Gasteiger partial charge in [0.2, 0.25) is 5.91 Å². The quantitative estimate of drug-likeness (QED) is 0.728. The maximum Gasteiger partial charge on any atom is 0.239 e. The van der Waals surface area contributed by atoms with Crippen LogP contribution in [0.15, 0.2) is 0 Å². The Labute approximate surface area is 111 Å². The molecule has 1 atom stereocenters. The Bertz CT molecular complexity index is 209. The molecule has 0 saturated carbocycles. The molecule has 2 N–H and O–H groups in total. The van der Waals surface area contributed by atoms with Crippen molar-refractivity contribution in [1.29, 1.82) is 0 Å². The number of nitrogens with zero attached hydrogens (tertiary/aromatic N) is 1. The summed E-state index contributed by atoms with van der Waals surface area (Å²) in [6.45, 7) is 10.2. The topological polar surface area (TPSA) is 46.3 Å². The van der Waals surface area contributed by atoms with Crippen molar-refractivity contribution in [1.82, 2.24) is 4.90 Å². The summed E-state index contributed by atoms with van der Waals surface area (Å²) < 4.78 is 0. The van der Waals surface area contributed by atoms with E-state index in [4.69, 9.17) is 5.73 Å². The second-order valence-corrected chi connectivity index (χ2v) is 6.40. The van der Waals surface area contributed by atoms with Gasteiger partial charge in [0.1, 0.15) is 0 Å². The first-order chi connectivity index (χ1) is 7.88. The molecule has 0 aromatic heterocycles. The summed E-state index contributed by atoms with van der Waals surface area (Å²) in [5.74, 6) is 2.04. The Morgan fingerprint density at radius 2 is 1.65 bits per heavy atom. The summed E-state index contributed by atoms with van der Waals surface area (Å²) in [4.78, 5) is 14.1. The van der Waals surface area contributed by atoms with Gasteiger partial charge in [-0.2, -0.15) is 11.8 Å². The van der Waals surface area contributed by atoms with E-state index in [0.717, 1.165) is 25.3 Å². The van der Waals surface area contributed by atoms with E-state index in [0.29, 0.717) is 11.8 Å². The zero-order valence-electron chi connectivity index (χ0n) is 11.9. The van der Waals surface area contributed by atoms with Crippen LogP contribution in [0.2, 0.25) is 0 Å². The summed E-state index contributed by atoms with van der Waals surface area (Å²) in [6, 6.07) is -0.333. The van der Waals surface area contributed by atoms with Crippen LogP contribution in [-0.4, -0.2) is 41.9 Å². The van der Waals surface area contributed by atoms with E-state index >= 15 is 0 Å². The van der Waals surface area contributed by atoms with Gasteiger partial charge in [-0.3, -0.25) is 4.79 Å². The van der Waals surface area contributed by atoms with Gasteiger partial charge in [0.05, 0.1) is 6.04 Å². The first-order valence-corrected chi connectivity index (χ1v) is 7.81. The molecule has 1 amide bonds. The summed E-state index contributed by atoms with van der Waals surface area (Å²) >= 11 is 1.74. The zero-order valence-corrected chi connectivity index (χ0v) is 12.7. The second kappa shape index (κ2) is 8.81. The van der Waals surface area contributed by atoms with Crippen LogP contribution in [0.5, 0.6) is 0 Å². The molecular formula is C13H28N2OS. The third-order valence-electron chi connectivity index (χ3n) is 2.43. The summed E-state index contributed by atoms with van der Waals surface area (Å²) in [5.41, 5.74) is 5.95. The molecule has 0 aliphatic carbocycles. The van der Waals surface area contributed by atoms with Crippen LogP contribution in [0.3, 0.4) is 0 Å². The monoisotopic (exact) mass is 260 g/mol. The van der Waals surface area contributed by atoms with Crippen molar-refractivity contribution < 1.29 is 4.79 Å². The van der Waals surface area contributed by atoms with Gasteiger partial charge in [0.15, 0.2) is 0 Å². The van der Waals surface area contributed by atoms with Gasteiger partial charge in [-0.25, -0.2) is 0 Å². The average molecular weight is 260 g/mol. The lowest BCUT2D eigenvalue weighted by Crippen LogP contribution is -2.46. The second-order valence-electron chi connectivity index (χ2n) is 5.42. The first-order valence-electron chi connectivity index (χ1n) is 6.41. The number of carbonyl (C=O) groups is 1. The fraction of sp³-hybridized carbons (Fsp3) is 0.923. The fourth-order valence-corrected chi connectivity index (χ4v) is 2.23. The molecule has 0 spiro atoms. The molecule has 102 valence electrons. The minimum atomic E-state index is -0.333. The third-order valence-corrected chi connectivity index (χ3v) is 3.08. The Hall–Kier alpha value is -0.220. The molecule has 0 unspecified atom stereocenters. The van der Waals surface area contributed by atoms with Crippen LogP contribution in [0, 0.1) is 11.8 Å². The van der Waals surface area contributed by atoms with Gasteiger partial charge >= 0.3 is 0 Å². The van der Waals surface area contributed by atoms with E-state index in [1.54, 1.807) is 11.8 Å². The fourth-order valence-electron chi connectivity index (χ4n) is 1.74. The largest absolute Gasteiger partial charge is 0.341 e. The molecule has 17 heavy (non-hydrogen) atoms. The number of rotatable bonds is 8. The van der Waals surface area contributed by atoms with Crippen LogP contribution in [0.4, 0.5) is 0 Å². The molecule has 0 radical (unpaired) electrons. The minimum Gasteiger partial charge on any atom is -0.341 e. The van der Waals surface area contributed by atoms with Gasteiger partial charge in [0, 0.05) is 13.1 Å². The number of amides is 1. The Kier molecular flexibility index (Phi) is 8.70. The lowest BCUT2D eigenvalue weighted by Gasteiger charge is -2.28. The van der Waals surface area contributed by atoms with E-state index in [1.807, 2.05) is 11.2 Å². The highest BCUT2D eigenvalue weighted by molar-refractivity contribution is 7.98. The van der Waals surface area contributed by atoms with Crippen molar-refractivity contribution in [3.8, 4) is 0 Å². The Balaban J connectivity index is 4.39. The molecule has 0 heterocycles. The maximum absolute atomic E-state index is 12.2. The number of hydrogen-bond acceptors (Lipinski definition) is 3. The van der Waals surface area contributed by atoms with Crippen LogP contribution in [0.25, 0.3) is 0 Å². The van der Waals surface area contributed by atoms with Gasteiger partial charge in [0.25, 0.3) is 0 Å². The zero-order chi connectivity index (χ0) is 13.4. The van der Waals surface area contributed by atoms with Gasteiger partial charge < -0.3 is 10.6 Å². The minimum absolute atomic E-state index is 0.112. The van der Waals surface area contributed by atoms with E-state index < -0.39 is 0 Å². The van der Waals surface area contributed by atoms with Crippen molar-refractivity contribution >= 4 is 17.7 Å². The van der Waals surface area contributed by atoms with E-state index in [-0.39, 0.29) is 11.9 Å². The van der Waals surface area contributed by atoms with Crippen molar-refractivity contribution in [3.05, 3.63) is 0 Å². The molecule has 4 heteroatoms. The van der Waals surface area contributed by atoms with E-state index in [2.05, 4.69) is 27.7 Å². The van der Waals surface area contributed by atoms with Crippen LogP contribution in [0.1, 0.15) is 34.1 Å². The molecule has 0 fully saturated rings.